The number of nitrogens with one attached hydrogen (secondary N) is 1. The third-order valence-corrected chi connectivity index (χ3v) is 3.50. The third-order valence-electron chi connectivity index (χ3n) is 2.56. The highest BCUT2D eigenvalue weighted by Crippen LogP contribution is 2.24. The number of rotatable bonds is 6. The van der Waals surface area contributed by atoms with E-state index in [-0.39, 0.29) is 6.04 Å². The van der Waals surface area contributed by atoms with Crippen LogP contribution in [-0.4, -0.2) is 16.2 Å². The molecule has 2 aromatic rings. The molecule has 98 valence electrons. The molecule has 0 radical (unpaired) electrons. The zero-order valence-electron chi connectivity index (χ0n) is 11.0. The second-order valence-corrected chi connectivity index (χ2v) is 5.65. The fraction of sp³-hybridized carbons (Fsp3) is 0.462. The van der Waals surface area contributed by atoms with Crippen LogP contribution < -0.4 is 5.48 Å². The fourth-order valence-corrected chi connectivity index (χ4v) is 2.41. The SMILES string of the molecule is CC(C)CONC(c1cccs1)c1nccn1C. The van der Waals surface area contributed by atoms with E-state index >= 15 is 0 Å². The summed E-state index contributed by atoms with van der Waals surface area (Å²) in [5.41, 5.74) is 3.12. The van der Waals surface area contributed by atoms with Crippen LogP contribution >= 0.6 is 11.3 Å². The number of thiophene rings is 1. The predicted molar refractivity (Wildman–Crippen MR) is 73.3 cm³/mol. The first-order valence-corrected chi connectivity index (χ1v) is 6.94. The summed E-state index contributed by atoms with van der Waals surface area (Å²) >= 11 is 1.70. The van der Waals surface area contributed by atoms with Crippen molar-refractivity contribution in [2.24, 2.45) is 13.0 Å². The molecule has 0 aliphatic carbocycles. The lowest BCUT2D eigenvalue weighted by Crippen LogP contribution is -2.26. The molecule has 5 heteroatoms. The average Bonchev–Trinajstić information content (AvgIpc) is 2.96. The lowest BCUT2D eigenvalue weighted by atomic mass is 10.2. The van der Waals surface area contributed by atoms with Crippen molar-refractivity contribution in [2.75, 3.05) is 6.61 Å². The Morgan fingerprint density at radius 2 is 2.33 bits per heavy atom. The van der Waals surface area contributed by atoms with Gasteiger partial charge in [-0.2, -0.15) is 5.48 Å². The van der Waals surface area contributed by atoms with Crippen LogP contribution in [0.4, 0.5) is 0 Å². The van der Waals surface area contributed by atoms with Gasteiger partial charge in [-0.05, 0) is 17.4 Å². The minimum atomic E-state index is -0.0104. The standard InChI is InChI=1S/C13H19N3OS/c1-10(2)9-17-15-12(11-5-4-8-18-11)13-14-6-7-16(13)3/h4-8,10,12,15H,9H2,1-3H3. The minimum Gasteiger partial charge on any atom is -0.336 e. The molecule has 1 unspecified atom stereocenters. The second kappa shape index (κ2) is 6.13. The molecule has 1 N–H and O–H groups in total. The molecule has 0 aromatic carbocycles. The highest BCUT2D eigenvalue weighted by atomic mass is 32.1. The van der Waals surface area contributed by atoms with Gasteiger partial charge in [-0.1, -0.05) is 19.9 Å². The summed E-state index contributed by atoms with van der Waals surface area (Å²) in [5.74, 6) is 1.46. The zero-order valence-corrected chi connectivity index (χ0v) is 11.8. The van der Waals surface area contributed by atoms with Crippen LogP contribution in [0.25, 0.3) is 0 Å². The Morgan fingerprint density at radius 3 is 2.89 bits per heavy atom. The van der Waals surface area contributed by atoms with E-state index < -0.39 is 0 Å². The van der Waals surface area contributed by atoms with E-state index in [1.165, 1.54) is 4.88 Å². The van der Waals surface area contributed by atoms with Crippen molar-refractivity contribution in [3.05, 3.63) is 40.6 Å². The van der Waals surface area contributed by atoms with Crippen LogP contribution in [0, 0.1) is 5.92 Å². The number of hydrogen-bond donors (Lipinski definition) is 1. The zero-order chi connectivity index (χ0) is 13.0. The molecule has 0 amide bonds. The number of hydroxylamine groups is 1. The molecular formula is C13H19N3OS. The Labute approximate surface area is 112 Å². The van der Waals surface area contributed by atoms with Crippen LogP contribution in [0.15, 0.2) is 29.9 Å². The van der Waals surface area contributed by atoms with Gasteiger partial charge in [0.05, 0.1) is 6.61 Å². The highest BCUT2D eigenvalue weighted by Gasteiger charge is 2.19. The Balaban J connectivity index is 2.12. The Kier molecular flexibility index (Phi) is 4.52. The van der Waals surface area contributed by atoms with Crippen molar-refractivity contribution in [3.63, 3.8) is 0 Å². The molecule has 0 saturated carbocycles. The molecule has 1 atom stereocenters. The van der Waals surface area contributed by atoms with E-state index in [1.807, 2.05) is 23.9 Å². The quantitative estimate of drug-likeness (QED) is 0.816. The van der Waals surface area contributed by atoms with Gasteiger partial charge in [0.15, 0.2) is 0 Å². The number of hydrogen-bond acceptors (Lipinski definition) is 4. The first-order valence-electron chi connectivity index (χ1n) is 6.06. The monoisotopic (exact) mass is 265 g/mol. The van der Waals surface area contributed by atoms with Crippen molar-refractivity contribution in [3.8, 4) is 0 Å². The topological polar surface area (TPSA) is 39.1 Å². The van der Waals surface area contributed by atoms with E-state index in [2.05, 4.69) is 35.8 Å². The number of aryl methyl sites for hydroxylation is 1. The Hall–Kier alpha value is -1.17. The summed E-state index contributed by atoms with van der Waals surface area (Å²) in [4.78, 5) is 11.2. The summed E-state index contributed by atoms with van der Waals surface area (Å²) in [7, 11) is 1.99. The largest absolute Gasteiger partial charge is 0.336 e. The molecule has 0 spiro atoms. The number of imidazole rings is 1. The molecule has 0 aliphatic heterocycles. The molecule has 4 nitrogen and oxygen atoms in total. The smallest absolute Gasteiger partial charge is 0.133 e. The van der Waals surface area contributed by atoms with Gasteiger partial charge >= 0.3 is 0 Å². The molecular weight excluding hydrogens is 246 g/mol. The van der Waals surface area contributed by atoms with Gasteiger partial charge in [0, 0.05) is 24.3 Å². The molecule has 2 rings (SSSR count). The maximum atomic E-state index is 5.56. The number of nitrogens with zero attached hydrogens (tertiary/aromatic N) is 2. The third kappa shape index (κ3) is 3.19. The molecule has 2 aromatic heterocycles. The summed E-state index contributed by atoms with van der Waals surface area (Å²) in [5, 5.41) is 2.06. The van der Waals surface area contributed by atoms with Crippen LogP contribution in [0.3, 0.4) is 0 Å². The van der Waals surface area contributed by atoms with Crippen molar-refractivity contribution in [1.29, 1.82) is 0 Å². The maximum absolute atomic E-state index is 5.56. The van der Waals surface area contributed by atoms with E-state index in [0.29, 0.717) is 12.5 Å². The summed E-state index contributed by atoms with van der Waals surface area (Å²) in [6.07, 6.45) is 3.75. The average molecular weight is 265 g/mol. The molecule has 0 saturated heterocycles. The fourth-order valence-electron chi connectivity index (χ4n) is 1.65. The molecule has 0 fully saturated rings. The van der Waals surface area contributed by atoms with Gasteiger partial charge in [-0.3, -0.25) is 0 Å². The normalized spacial score (nSPS) is 13.1. The van der Waals surface area contributed by atoms with Gasteiger partial charge in [0.1, 0.15) is 11.9 Å². The van der Waals surface area contributed by atoms with Crippen molar-refractivity contribution < 1.29 is 4.84 Å². The summed E-state index contributed by atoms with van der Waals surface area (Å²) < 4.78 is 2.01. The van der Waals surface area contributed by atoms with E-state index in [0.717, 1.165) is 5.82 Å². The van der Waals surface area contributed by atoms with Crippen molar-refractivity contribution in [2.45, 2.75) is 19.9 Å². The van der Waals surface area contributed by atoms with Crippen LogP contribution in [-0.2, 0) is 11.9 Å². The van der Waals surface area contributed by atoms with Crippen LogP contribution in [0.2, 0.25) is 0 Å². The molecule has 18 heavy (non-hydrogen) atoms. The molecule has 0 bridgehead atoms. The van der Waals surface area contributed by atoms with E-state index in [4.69, 9.17) is 4.84 Å². The summed E-state index contributed by atoms with van der Waals surface area (Å²) in [6.45, 7) is 4.94. The van der Waals surface area contributed by atoms with E-state index in [1.54, 1.807) is 17.5 Å². The maximum Gasteiger partial charge on any atom is 0.133 e. The highest BCUT2D eigenvalue weighted by molar-refractivity contribution is 7.10. The minimum absolute atomic E-state index is 0.0104. The van der Waals surface area contributed by atoms with Gasteiger partial charge in [-0.15, -0.1) is 11.3 Å². The van der Waals surface area contributed by atoms with Gasteiger partial charge in [-0.25, -0.2) is 4.98 Å². The van der Waals surface area contributed by atoms with Crippen LogP contribution in [0.1, 0.15) is 30.6 Å². The lowest BCUT2D eigenvalue weighted by molar-refractivity contribution is 0.00701. The second-order valence-electron chi connectivity index (χ2n) is 4.67. The van der Waals surface area contributed by atoms with Gasteiger partial charge in [0.2, 0.25) is 0 Å². The first-order chi connectivity index (χ1) is 8.68. The van der Waals surface area contributed by atoms with Crippen LogP contribution in [0.5, 0.6) is 0 Å². The van der Waals surface area contributed by atoms with Gasteiger partial charge < -0.3 is 9.40 Å². The molecule has 0 aliphatic rings. The number of aromatic nitrogens is 2. The van der Waals surface area contributed by atoms with Gasteiger partial charge in [0.25, 0.3) is 0 Å². The predicted octanol–water partition coefficient (Wildman–Crippen LogP) is 2.75. The Bertz CT molecular complexity index is 464. The first kappa shape index (κ1) is 13.3. The summed E-state index contributed by atoms with van der Waals surface area (Å²) in [6, 6.07) is 4.12. The van der Waals surface area contributed by atoms with Crippen molar-refractivity contribution in [1.82, 2.24) is 15.0 Å². The van der Waals surface area contributed by atoms with E-state index in [9.17, 15) is 0 Å². The van der Waals surface area contributed by atoms with Crippen molar-refractivity contribution >= 4 is 11.3 Å². The lowest BCUT2D eigenvalue weighted by Gasteiger charge is -2.17. The molecule has 2 heterocycles. The Morgan fingerprint density at radius 1 is 1.50 bits per heavy atom.